The molecule has 0 fully saturated rings. The molecule has 26 heavy (non-hydrogen) atoms. The molecule has 0 saturated heterocycles. The Morgan fingerprint density at radius 2 is 1.88 bits per heavy atom. The highest BCUT2D eigenvalue weighted by molar-refractivity contribution is 7.80. The second-order valence-corrected chi connectivity index (χ2v) is 7.40. The van der Waals surface area contributed by atoms with E-state index in [1.54, 1.807) is 0 Å². The zero-order valence-electron chi connectivity index (χ0n) is 14.5. The van der Waals surface area contributed by atoms with Crippen molar-refractivity contribution in [3.63, 3.8) is 0 Å². The van der Waals surface area contributed by atoms with E-state index in [0.29, 0.717) is 10.1 Å². The summed E-state index contributed by atoms with van der Waals surface area (Å²) in [5.74, 6) is 0. The van der Waals surface area contributed by atoms with Crippen LogP contribution in [0.1, 0.15) is 22.9 Å². The lowest BCUT2D eigenvalue weighted by atomic mass is 9.99. The Balaban J connectivity index is 1.67. The van der Waals surface area contributed by atoms with Crippen LogP contribution in [0.5, 0.6) is 0 Å². The number of hydrogen-bond donors (Lipinski definition) is 1. The van der Waals surface area contributed by atoms with E-state index in [2.05, 4.69) is 64.3 Å². The minimum absolute atomic E-state index is 0.0959. The van der Waals surface area contributed by atoms with Gasteiger partial charge in [-0.15, -0.1) is 0 Å². The highest BCUT2D eigenvalue weighted by Gasteiger charge is 2.30. The Kier molecular flexibility index (Phi) is 4.70. The quantitative estimate of drug-likeness (QED) is 0.612. The number of nitrogens with zero attached hydrogens (tertiary/aromatic N) is 2. The van der Waals surface area contributed by atoms with Crippen LogP contribution in [0.2, 0.25) is 5.02 Å². The van der Waals surface area contributed by atoms with Crippen molar-refractivity contribution >= 4 is 34.6 Å². The van der Waals surface area contributed by atoms with Gasteiger partial charge in [0.05, 0.1) is 6.04 Å². The summed E-state index contributed by atoms with van der Waals surface area (Å²) in [6.07, 6.45) is 2.14. The first kappa shape index (κ1) is 17.1. The third kappa shape index (κ3) is 3.35. The predicted octanol–water partition coefficient (Wildman–Crippen LogP) is 5.25. The molecule has 1 aliphatic rings. The van der Waals surface area contributed by atoms with E-state index in [0.717, 1.165) is 18.8 Å². The second-order valence-electron chi connectivity index (χ2n) is 6.57. The summed E-state index contributed by atoms with van der Waals surface area (Å²) in [5.41, 5.74) is 4.66. The van der Waals surface area contributed by atoms with Crippen molar-refractivity contribution < 1.29 is 0 Å². The van der Waals surface area contributed by atoms with Crippen LogP contribution >= 0.6 is 23.8 Å². The van der Waals surface area contributed by atoms with Crippen LogP contribution in [0.3, 0.4) is 0 Å². The number of anilines is 1. The molecule has 0 spiro atoms. The van der Waals surface area contributed by atoms with Crippen molar-refractivity contribution in [3.05, 3.63) is 88.7 Å². The summed E-state index contributed by atoms with van der Waals surface area (Å²) in [7, 11) is 0. The van der Waals surface area contributed by atoms with E-state index in [1.807, 2.05) is 24.3 Å². The maximum Gasteiger partial charge on any atom is 0.174 e. The van der Waals surface area contributed by atoms with Crippen molar-refractivity contribution in [3.8, 4) is 0 Å². The fraction of sp³-hybridized carbons (Fsp3) is 0.190. The van der Waals surface area contributed by atoms with Crippen molar-refractivity contribution in [2.45, 2.75) is 19.5 Å². The van der Waals surface area contributed by atoms with E-state index < -0.39 is 0 Å². The number of nitrogens with one attached hydrogen (secondary N) is 1. The van der Waals surface area contributed by atoms with Gasteiger partial charge in [0, 0.05) is 35.7 Å². The highest BCUT2D eigenvalue weighted by Crippen LogP contribution is 2.33. The first-order valence-corrected chi connectivity index (χ1v) is 9.45. The van der Waals surface area contributed by atoms with E-state index in [9.17, 15) is 0 Å². The molecule has 0 bridgehead atoms. The lowest BCUT2D eigenvalue weighted by Crippen LogP contribution is -2.44. The number of thiocarbonyl (C=S) groups is 1. The summed E-state index contributed by atoms with van der Waals surface area (Å²) in [4.78, 5) is 2.26. The number of hydrogen-bond acceptors (Lipinski definition) is 1. The molecule has 0 amide bonds. The van der Waals surface area contributed by atoms with Gasteiger partial charge in [-0.2, -0.15) is 0 Å². The average molecular weight is 382 g/mol. The van der Waals surface area contributed by atoms with E-state index >= 15 is 0 Å². The molecular formula is C21H20ClN3S. The molecule has 0 radical (unpaired) electrons. The standard InChI is InChI=1S/C21H20ClN3S/c1-15-7-9-16(10-8-15)20-19-6-3-11-24(19)12-13-25(20)21(26)23-18-5-2-4-17(22)14-18/h2-11,14,20H,12-13H2,1H3,(H,23,26). The molecule has 132 valence electrons. The molecule has 1 aliphatic heterocycles. The molecule has 1 N–H and O–H groups in total. The number of aromatic nitrogens is 1. The minimum Gasteiger partial charge on any atom is -0.348 e. The lowest BCUT2D eigenvalue weighted by molar-refractivity contribution is 0.293. The smallest absolute Gasteiger partial charge is 0.174 e. The van der Waals surface area contributed by atoms with Crippen LogP contribution < -0.4 is 5.32 Å². The number of benzene rings is 2. The fourth-order valence-electron chi connectivity index (χ4n) is 3.46. The van der Waals surface area contributed by atoms with Crippen LogP contribution in [0.4, 0.5) is 5.69 Å². The van der Waals surface area contributed by atoms with E-state index in [1.165, 1.54) is 16.8 Å². The monoisotopic (exact) mass is 381 g/mol. The van der Waals surface area contributed by atoms with Crippen LogP contribution in [-0.4, -0.2) is 21.1 Å². The number of halogens is 1. The Morgan fingerprint density at radius 3 is 2.65 bits per heavy atom. The number of rotatable bonds is 2. The van der Waals surface area contributed by atoms with Crippen LogP contribution in [0, 0.1) is 6.92 Å². The van der Waals surface area contributed by atoms with Crippen molar-refractivity contribution in [1.82, 2.24) is 9.47 Å². The molecule has 5 heteroatoms. The summed E-state index contributed by atoms with van der Waals surface area (Å²) in [6, 6.07) is 20.7. The Hall–Kier alpha value is -2.30. The Morgan fingerprint density at radius 1 is 1.08 bits per heavy atom. The van der Waals surface area contributed by atoms with Gasteiger partial charge in [-0.05, 0) is 55.0 Å². The molecule has 2 heterocycles. The predicted molar refractivity (Wildman–Crippen MR) is 112 cm³/mol. The normalized spacial score (nSPS) is 16.2. The highest BCUT2D eigenvalue weighted by atomic mass is 35.5. The summed E-state index contributed by atoms with van der Waals surface area (Å²) < 4.78 is 2.31. The summed E-state index contributed by atoms with van der Waals surface area (Å²) in [5, 5.41) is 4.76. The van der Waals surface area contributed by atoms with Crippen LogP contribution in [0.15, 0.2) is 66.9 Å². The van der Waals surface area contributed by atoms with Crippen molar-refractivity contribution in [2.75, 3.05) is 11.9 Å². The van der Waals surface area contributed by atoms with Gasteiger partial charge in [0.15, 0.2) is 5.11 Å². The maximum atomic E-state index is 6.11. The largest absolute Gasteiger partial charge is 0.348 e. The molecule has 0 aliphatic carbocycles. The van der Waals surface area contributed by atoms with Gasteiger partial charge in [0.25, 0.3) is 0 Å². The molecule has 1 atom stereocenters. The lowest BCUT2D eigenvalue weighted by Gasteiger charge is -2.39. The Labute approximate surface area is 164 Å². The topological polar surface area (TPSA) is 20.2 Å². The molecule has 0 saturated carbocycles. The van der Waals surface area contributed by atoms with E-state index in [-0.39, 0.29) is 6.04 Å². The molecule has 1 aromatic heterocycles. The van der Waals surface area contributed by atoms with Gasteiger partial charge in [-0.1, -0.05) is 47.5 Å². The SMILES string of the molecule is Cc1ccc(C2c3cccn3CCN2C(=S)Nc2cccc(Cl)c2)cc1. The molecular weight excluding hydrogens is 362 g/mol. The van der Waals surface area contributed by atoms with Crippen LogP contribution in [-0.2, 0) is 6.54 Å². The van der Waals surface area contributed by atoms with Gasteiger partial charge in [0.2, 0.25) is 0 Å². The summed E-state index contributed by atoms with van der Waals surface area (Å²) >= 11 is 11.9. The first-order valence-electron chi connectivity index (χ1n) is 8.66. The second kappa shape index (κ2) is 7.14. The molecule has 3 aromatic rings. The molecule has 3 nitrogen and oxygen atoms in total. The number of fused-ring (bicyclic) bond motifs is 1. The Bertz CT molecular complexity index is 932. The minimum atomic E-state index is 0.0959. The van der Waals surface area contributed by atoms with E-state index in [4.69, 9.17) is 23.8 Å². The average Bonchev–Trinajstić information content (AvgIpc) is 3.10. The molecule has 4 rings (SSSR count). The van der Waals surface area contributed by atoms with Gasteiger partial charge in [-0.3, -0.25) is 0 Å². The van der Waals surface area contributed by atoms with Gasteiger partial charge in [0.1, 0.15) is 0 Å². The third-order valence-electron chi connectivity index (χ3n) is 4.77. The van der Waals surface area contributed by atoms with Crippen LogP contribution in [0.25, 0.3) is 0 Å². The van der Waals surface area contributed by atoms with Gasteiger partial charge >= 0.3 is 0 Å². The first-order chi connectivity index (χ1) is 12.6. The molecule has 2 aromatic carbocycles. The fourth-order valence-corrected chi connectivity index (χ4v) is 3.97. The summed E-state index contributed by atoms with van der Waals surface area (Å²) in [6.45, 7) is 3.88. The number of aryl methyl sites for hydroxylation is 1. The zero-order valence-corrected chi connectivity index (χ0v) is 16.1. The molecule has 1 unspecified atom stereocenters. The van der Waals surface area contributed by atoms with Crippen molar-refractivity contribution in [1.29, 1.82) is 0 Å². The maximum absolute atomic E-state index is 6.11. The third-order valence-corrected chi connectivity index (χ3v) is 5.34. The zero-order chi connectivity index (χ0) is 18.1. The van der Waals surface area contributed by atoms with Gasteiger partial charge in [-0.25, -0.2) is 0 Å². The van der Waals surface area contributed by atoms with Crippen molar-refractivity contribution in [2.24, 2.45) is 0 Å². The van der Waals surface area contributed by atoms with Gasteiger partial charge < -0.3 is 14.8 Å².